The molecule has 0 spiro atoms. The van der Waals surface area contributed by atoms with Gasteiger partial charge in [0.1, 0.15) is 43.2 Å². The molecule has 0 aliphatic heterocycles. The van der Waals surface area contributed by atoms with Gasteiger partial charge in [0.15, 0.2) is 6.10 Å². The van der Waals surface area contributed by atoms with E-state index in [0.29, 0.717) is 12.8 Å². The molecule has 8 N–H and O–H groups in total. The molecule has 0 bridgehead atoms. The van der Waals surface area contributed by atoms with Gasteiger partial charge in [-0.1, -0.05) is 84.0 Å². The number of aliphatic hydroxyl groups is 3. The molecule has 1 rings (SSSR count). The number of carbonyl (C=O) groups excluding carboxylic acids is 2. The number of terminal acetylenes is 1. The SMILES string of the molecule is C#CC#CC#CC#CC#CC#CC#CC(=O)OC[C@H](COP(=O)(O)OC1C(O)[C@@H](O)C(OP(=O)(O)O)[C@@H](OP(=O)(O)O)[C@H]1O)OC(=O)CCCCCCCCCCCCCCC. The fourth-order valence-corrected chi connectivity index (χ4v) is 7.56. The molecule has 19 nitrogen and oxygen atoms in total. The molecule has 0 radical (unpaired) electrons. The van der Waals surface area contributed by atoms with Crippen molar-refractivity contribution in [1.82, 2.24) is 0 Å². The lowest BCUT2D eigenvalue weighted by Crippen LogP contribution is -2.65. The van der Waals surface area contributed by atoms with Crippen LogP contribution in [0.5, 0.6) is 0 Å². The minimum Gasteiger partial charge on any atom is -0.456 e. The summed E-state index contributed by atoms with van der Waals surface area (Å²) in [4.78, 5) is 72.4. The van der Waals surface area contributed by atoms with E-state index in [-0.39, 0.29) is 6.42 Å². The summed E-state index contributed by atoms with van der Waals surface area (Å²) in [5.74, 6) is 27.6. The number of hydrogen-bond acceptors (Lipinski definition) is 14. The molecular formula is C40H51O19P3. The normalized spacial score (nSPS) is 20.6. The van der Waals surface area contributed by atoms with Gasteiger partial charge in [0.2, 0.25) is 0 Å². The Morgan fingerprint density at radius 1 is 0.565 bits per heavy atom. The average molecular weight is 929 g/mol. The highest BCUT2D eigenvalue weighted by Crippen LogP contribution is 2.51. The third kappa shape index (κ3) is 27.2. The minimum atomic E-state index is -5.63. The summed E-state index contributed by atoms with van der Waals surface area (Å²) in [6.07, 6.45) is 1.86. The Kier molecular flexibility index (Phi) is 28.0. The molecule has 1 saturated carbocycles. The number of rotatable bonds is 26. The summed E-state index contributed by atoms with van der Waals surface area (Å²) in [6.45, 7) is 0.353. The molecule has 0 heterocycles. The van der Waals surface area contributed by atoms with Crippen molar-refractivity contribution in [2.45, 2.75) is 140 Å². The summed E-state index contributed by atoms with van der Waals surface area (Å²) in [7, 11) is -16.7. The maximum absolute atomic E-state index is 13.0. The zero-order valence-electron chi connectivity index (χ0n) is 33.8. The van der Waals surface area contributed by atoms with Crippen LogP contribution >= 0.6 is 23.5 Å². The second-order valence-electron chi connectivity index (χ2n) is 13.3. The highest BCUT2D eigenvalue weighted by atomic mass is 31.2. The van der Waals surface area contributed by atoms with Crippen molar-refractivity contribution in [2.24, 2.45) is 0 Å². The summed E-state index contributed by atoms with van der Waals surface area (Å²) in [5, 5.41) is 31.7. The number of hydrogen-bond donors (Lipinski definition) is 8. The fourth-order valence-electron chi connectivity index (χ4n) is 5.47. The van der Waals surface area contributed by atoms with E-state index < -0.39 is 91.3 Å². The van der Waals surface area contributed by atoms with Gasteiger partial charge in [-0.3, -0.25) is 22.9 Å². The first-order valence-corrected chi connectivity index (χ1v) is 23.9. The zero-order valence-corrected chi connectivity index (χ0v) is 36.5. The third-order valence-corrected chi connectivity index (χ3v) is 10.3. The van der Waals surface area contributed by atoms with Crippen LogP contribution in [0.25, 0.3) is 0 Å². The Balaban J connectivity index is 2.96. The highest BCUT2D eigenvalue weighted by Gasteiger charge is 2.56. The maximum Gasteiger partial charge on any atom is 0.472 e. The van der Waals surface area contributed by atoms with E-state index in [1.54, 1.807) is 0 Å². The van der Waals surface area contributed by atoms with E-state index in [9.17, 15) is 63.1 Å². The lowest BCUT2D eigenvalue weighted by Gasteiger charge is -2.44. The molecule has 22 heteroatoms. The van der Waals surface area contributed by atoms with Crippen LogP contribution in [0.15, 0.2) is 0 Å². The Morgan fingerprint density at radius 2 is 0.984 bits per heavy atom. The molecule has 1 fully saturated rings. The molecule has 8 atom stereocenters. The summed E-state index contributed by atoms with van der Waals surface area (Å²) >= 11 is 0. The number of esters is 2. The Labute approximate surface area is 361 Å². The van der Waals surface area contributed by atoms with Gasteiger partial charge in [-0.2, -0.15) is 0 Å². The van der Waals surface area contributed by atoms with Crippen LogP contribution in [-0.2, 0) is 50.9 Å². The molecule has 1 aliphatic carbocycles. The molecule has 0 aromatic rings. The topological polar surface area (TPSA) is 303 Å². The van der Waals surface area contributed by atoms with Crippen LogP contribution in [0.4, 0.5) is 0 Å². The van der Waals surface area contributed by atoms with E-state index in [1.165, 1.54) is 44.9 Å². The molecule has 0 aromatic heterocycles. The summed E-state index contributed by atoms with van der Waals surface area (Å²) < 4.78 is 64.5. The van der Waals surface area contributed by atoms with E-state index in [4.69, 9.17) is 24.9 Å². The average Bonchev–Trinajstić information content (AvgIpc) is 3.19. The van der Waals surface area contributed by atoms with Gasteiger partial charge in [-0.05, 0) is 77.5 Å². The van der Waals surface area contributed by atoms with Gasteiger partial charge >= 0.3 is 35.4 Å². The number of unbranched alkanes of at least 4 members (excludes halogenated alkanes) is 12. The van der Waals surface area contributed by atoms with Gasteiger partial charge < -0.3 is 49.3 Å². The van der Waals surface area contributed by atoms with Gasteiger partial charge in [-0.25, -0.2) is 18.5 Å². The van der Waals surface area contributed by atoms with Gasteiger partial charge in [-0.15, -0.1) is 6.42 Å². The number of phosphoric ester groups is 3. The van der Waals surface area contributed by atoms with E-state index in [0.717, 1.165) is 25.7 Å². The molecule has 62 heavy (non-hydrogen) atoms. The van der Waals surface area contributed by atoms with Crippen molar-refractivity contribution in [3.8, 4) is 83.4 Å². The predicted octanol–water partition coefficient (Wildman–Crippen LogP) is 2.13. The highest BCUT2D eigenvalue weighted by molar-refractivity contribution is 7.47. The number of ether oxygens (including phenoxy) is 2. The van der Waals surface area contributed by atoms with Crippen molar-refractivity contribution in [3.05, 3.63) is 0 Å². The van der Waals surface area contributed by atoms with Crippen molar-refractivity contribution in [2.75, 3.05) is 13.2 Å². The fraction of sp³-hybridized carbons (Fsp3) is 0.600. The predicted molar refractivity (Wildman–Crippen MR) is 219 cm³/mol. The van der Waals surface area contributed by atoms with Crippen molar-refractivity contribution >= 4 is 35.4 Å². The zero-order chi connectivity index (χ0) is 46.4. The van der Waals surface area contributed by atoms with E-state index in [2.05, 4.69) is 87.0 Å². The number of carbonyl (C=O) groups is 2. The molecule has 1 aliphatic rings. The van der Waals surface area contributed by atoms with Crippen molar-refractivity contribution in [1.29, 1.82) is 0 Å². The van der Waals surface area contributed by atoms with Crippen molar-refractivity contribution < 1.29 is 90.6 Å². The van der Waals surface area contributed by atoms with Crippen LogP contribution < -0.4 is 0 Å². The third-order valence-electron chi connectivity index (χ3n) is 8.26. The molecule has 0 amide bonds. The monoisotopic (exact) mass is 928 g/mol. The number of aliphatic hydroxyl groups excluding tert-OH is 3. The van der Waals surface area contributed by atoms with Crippen LogP contribution in [0.2, 0.25) is 0 Å². The first kappa shape index (κ1) is 56.1. The second kappa shape index (κ2) is 31.0. The van der Waals surface area contributed by atoms with Gasteiger partial charge in [0.25, 0.3) is 0 Å². The largest absolute Gasteiger partial charge is 0.472 e. The van der Waals surface area contributed by atoms with Crippen LogP contribution in [-0.4, -0.2) is 108 Å². The molecule has 4 unspecified atom stereocenters. The maximum atomic E-state index is 13.0. The van der Waals surface area contributed by atoms with Crippen LogP contribution in [0.1, 0.15) is 96.8 Å². The lowest BCUT2D eigenvalue weighted by atomic mass is 9.85. The lowest BCUT2D eigenvalue weighted by molar-refractivity contribution is -0.213. The quantitative estimate of drug-likeness (QED) is 0.0203. The van der Waals surface area contributed by atoms with Gasteiger partial charge in [0.05, 0.1) is 6.61 Å². The van der Waals surface area contributed by atoms with Crippen molar-refractivity contribution in [3.63, 3.8) is 0 Å². The Morgan fingerprint density at radius 3 is 1.45 bits per heavy atom. The molecule has 0 saturated heterocycles. The smallest absolute Gasteiger partial charge is 0.456 e. The van der Waals surface area contributed by atoms with Crippen LogP contribution in [0.3, 0.4) is 0 Å². The Hall–Kier alpha value is -3.93. The first-order chi connectivity index (χ1) is 29.3. The first-order valence-electron chi connectivity index (χ1n) is 19.3. The van der Waals surface area contributed by atoms with Crippen LogP contribution in [0, 0.1) is 83.4 Å². The molecule has 340 valence electrons. The molecule has 0 aromatic carbocycles. The van der Waals surface area contributed by atoms with Gasteiger partial charge in [0, 0.05) is 12.3 Å². The molecular weight excluding hydrogens is 877 g/mol. The minimum absolute atomic E-state index is 0.0834. The summed E-state index contributed by atoms with van der Waals surface area (Å²) in [5.41, 5.74) is 0. The summed E-state index contributed by atoms with van der Waals surface area (Å²) in [6, 6.07) is 0. The number of phosphoric acid groups is 3. The second-order valence-corrected chi connectivity index (χ2v) is 17.1. The van der Waals surface area contributed by atoms with E-state index >= 15 is 0 Å². The van der Waals surface area contributed by atoms with E-state index in [1.807, 2.05) is 5.92 Å². The standard InChI is InChI=1S/C40H51O19P3/c1-3-5-7-9-11-13-15-17-19-21-23-25-27-29-34(42)56-32(30-54-33(41)28-26-24-22-20-18-16-14-12-10-8-6-4-2)31-55-62(52,53)59-38-35(43)36(44)39(57-60(46,47)48)40(37(38)45)58-61(49,50)51/h2,32,35-40,43-45H,3,5,7,9,11,13,15,17,19,21,23,25,27,29-31H2,1H3,(H,52,53)(H2,46,47,48)(H2,49,50,51)/t32-,35?,36-,37+,38?,39?,40+/m1/s1. The Bertz CT molecular complexity index is 2020.